The van der Waals surface area contributed by atoms with E-state index in [1.165, 1.54) is 6.92 Å². The Bertz CT molecular complexity index is 694. The molecule has 6 nitrogen and oxygen atoms in total. The molecule has 0 aliphatic carbocycles. The van der Waals surface area contributed by atoms with Crippen molar-refractivity contribution >= 4 is 11.9 Å². The largest absolute Gasteiger partial charge is 0.463 e. The van der Waals surface area contributed by atoms with Gasteiger partial charge in [-0.15, -0.1) is 0 Å². The van der Waals surface area contributed by atoms with Gasteiger partial charge in [0.25, 0.3) is 0 Å². The second-order valence-corrected chi connectivity index (χ2v) is 5.90. The maximum atomic E-state index is 11.4. The molecular weight excluding hydrogens is 372 g/mol. The molecule has 0 rings (SSSR count). The van der Waals surface area contributed by atoms with Crippen molar-refractivity contribution in [2.24, 2.45) is 0 Å². The first-order chi connectivity index (χ1) is 14.0. The minimum Gasteiger partial charge on any atom is -0.463 e. The first-order valence-electron chi connectivity index (χ1n) is 9.61. The van der Waals surface area contributed by atoms with Gasteiger partial charge < -0.3 is 19.7 Å². The third kappa shape index (κ3) is 18.3. The van der Waals surface area contributed by atoms with E-state index in [9.17, 15) is 9.59 Å². The number of allylic oxidation sites excluding steroid dienone is 6. The van der Waals surface area contributed by atoms with Gasteiger partial charge >= 0.3 is 11.9 Å². The van der Waals surface area contributed by atoms with Crippen molar-refractivity contribution in [2.45, 2.75) is 58.5 Å². The Morgan fingerprint density at radius 1 is 1.10 bits per heavy atom. The number of rotatable bonds is 12. The second-order valence-electron chi connectivity index (χ2n) is 5.90. The number of ether oxygens (including phenoxy) is 2. The maximum Gasteiger partial charge on any atom is 0.308 e. The van der Waals surface area contributed by atoms with Crippen LogP contribution in [0.1, 0.15) is 52.4 Å². The first-order valence-corrected chi connectivity index (χ1v) is 9.61. The van der Waals surface area contributed by atoms with Crippen molar-refractivity contribution in [3.8, 4) is 23.7 Å². The van der Waals surface area contributed by atoms with E-state index in [1.807, 2.05) is 0 Å². The molecule has 0 bridgehead atoms. The molecule has 0 heterocycles. The number of aliphatic hydroxyl groups excluding tert-OH is 2. The number of hydrogen-bond acceptors (Lipinski definition) is 6. The molecule has 0 fully saturated rings. The van der Waals surface area contributed by atoms with E-state index >= 15 is 0 Å². The minimum absolute atomic E-state index is 0.0548. The van der Waals surface area contributed by atoms with Crippen LogP contribution in [0.2, 0.25) is 0 Å². The summed E-state index contributed by atoms with van der Waals surface area (Å²) in [6.45, 7) is 2.69. The van der Waals surface area contributed by atoms with Crippen LogP contribution < -0.4 is 0 Å². The molecule has 0 aromatic carbocycles. The Balaban J connectivity index is 4.40. The molecule has 0 aliphatic rings. The fraction of sp³-hybridized carbons (Fsp3) is 0.478. The topological polar surface area (TPSA) is 93.1 Å². The van der Waals surface area contributed by atoms with E-state index in [-0.39, 0.29) is 25.2 Å². The van der Waals surface area contributed by atoms with Gasteiger partial charge in [-0.25, -0.2) is 0 Å². The monoisotopic (exact) mass is 402 g/mol. The summed E-state index contributed by atoms with van der Waals surface area (Å²) < 4.78 is 9.79. The maximum absolute atomic E-state index is 11.4. The van der Waals surface area contributed by atoms with Crippen molar-refractivity contribution in [3.05, 3.63) is 36.1 Å². The predicted octanol–water partition coefficient (Wildman–Crippen LogP) is 2.81. The summed E-state index contributed by atoms with van der Waals surface area (Å²) in [5.41, 5.74) is 0. The van der Waals surface area contributed by atoms with Crippen LogP contribution in [0.5, 0.6) is 0 Å². The lowest BCUT2D eigenvalue weighted by Gasteiger charge is -2.07. The zero-order valence-corrected chi connectivity index (χ0v) is 17.1. The molecule has 0 unspecified atom stereocenters. The van der Waals surface area contributed by atoms with Crippen LogP contribution in [0.25, 0.3) is 0 Å². The number of unbranched alkanes of at least 4 members (excludes halogenated alkanes) is 1. The molecule has 0 radical (unpaired) electrons. The Morgan fingerprint density at radius 3 is 2.55 bits per heavy atom. The smallest absolute Gasteiger partial charge is 0.308 e. The molecule has 0 saturated heterocycles. The lowest BCUT2D eigenvalue weighted by atomic mass is 10.2. The lowest BCUT2D eigenvalue weighted by Crippen LogP contribution is -2.21. The number of hydrogen-bond donors (Lipinski definition) is 2. The molecule has 2 N–H and O–H groups in total. The molecule has 0 spiro atoms. The fourth-order valence-corrected chi connectivity index (χ4v) is 1.82. The van der Waals surface area contributed by atoms with Crippen molar-refractivity contribution in [1.29, 1.82) is 0 Å². The Kier molecular flexibility index (Phi) is 16.8. The molecule has 0 aromatic heterocycles. The van der Waals surface area contributed by atoms with Crippen LogP contribution in [0, 0.1) is 23.7 Å². The minimum atomic E-state index is -1.07. The van der Waals surface area contributed by atoms with Gasteiger partial charge in [0.2, 0.25) is 0 Å². The third-order valence-electron chi connectivity index (χ3n) is 3.20. The van der Waals surface area contributed by atoms with E-state index in [4.69, 9.17) is 19.7 Å². The van der Waals surface area contributed by atoms with Crippen LogP contribution >= 0.6 is 0 Å². The SMILES string of the molecule is CC/C=C\C/C=C\CC/C=C(\C#CC#CCCC(=O)OC[C@H](O)CO)OC(C)=O. The van der Waals surface area contributed by atoms with E-state index < -0.39 is 24.6 Å². The van der Waals surface area contributed by atoms with Crippen LogP contribution in [0.3, 0.4) is 0 Å². The quantitative estimate of drug-likeness (QED) is 0.171. The highest BCUT2D eigenvalue weighted by Gasteiger charge is 2.06. The Labute approximate surface area is 173 Å². The van der Waals surface area contributed by atoms with Gasteiger partial charge in [-0.3, -0.25) is 9.59 Å². The van der Waals surface area contributed by atoms with E-state index in [2.05, 4.69) is 54.9 Å². The predicted molar refractivity (Wildman–Crippen MR) is 111 cm³/mol. The summed E-state index contributed by atoms with van der Waals surface area (Å²) in [5.74, 6) is 9.86. The molecule has 0 aliphatic heterocycles. The first kappa shape index (κ1) is 26.2. The summed E-state index contributed by atoms with van der Waals surface area (Å²) in [5, 5.41) is 17.7. The van der Waals surface area contributed by atoms with Crippen LogP contribution in [0.15, 0.2) is 36.1 Å². The molecular formula is C23H30O6. The average Bonchev–Trinajstić information content (AvgIpc) is 2.69. The molecule has 29 heavy (non-hydrogen) atoms. The van der Waals surface area contributed by atoms with Crippen molar-refractivity contribution in [1.82, 2.24) is 0 Å². The highest BCUT2D eigenvalue weighted by molar-refractivity contribution is 5.69. The van der Waals surface area contributed by atoms with Crippen LogP contribution in [-0.2, 0) is 19.1 Å². The van der Waals surface area contributed by atoms with E-state index in [1.54, 1.807) is 6.08 Å². The van der Waals surface area contributed by atoms with E-state index in [0.29, 0.717) is 6.42 Å². The highest BCUT2D eigenvalue weighted by Crippen LogP contribution is 2.03. The molecule has 0 aromatic rings. The van der Waals surface area contributed by atoms with Crippen LogP contribution in [-0.4, -0.2) is 41.5 Å². The Morgan fingerprint density at radius 2 is 1.86 bits per heavy atom. The van der Waals surface area contributed by atoms with Crippen molar-refractivity contribution < 1.29 is 29.3 Å². The van der Waals surface area contributed by atoms with Crippen molar-refractivity contribution in [3.63, 3.8) is 0 Å². The third-order valence-corrected chi connectivity index (χ3v) is 3.20. The zero-order chi connectivity index (χ0) is 21.7. The normalized spacial score (nSPS) is 12.1. The van der Waals surface area contributed by atoms with E-state index in [0.717, 1.165) is 19.3 Å². The number of carbonyl (C=O) groups excluding carboxylic acids is 2. The fourth-order valence-electron chi connectivity index (χ4n) is 1.82. The van der Waals surface area contributed by atoms with Gasteiger partial charge in [0.15, 0.2) is 5.76 Å². The standard InChI is InChI=1S/C23H30O6/c1-3-4-5-6-7-8-9-12-15-22(29-20(2)25)16-13-10-11-14-17-23(27)28-19-21(26)18-24/h4-5,7-8,15,21,24,26H,3,6,9,12,14,17-19H2,1-2H3/b5-4-,8-7-,22-15+/t21-/m1/s1. The second kappa shape index (κ2) is 18.6. The highest BCUT2D eigenvalue weighted by atomic mass is 16.5. The van der Waals surface area contributed by atoms with Gasteiger partial charge in [0, 0.05) is 13.3 Å². The van der Waals surface area contributed by atoms with Crippen molar-refractivity contribution in [2.75, 3.05) is 13.2 Å². The number of esters is 2. The van der Waals surface area contributed by atoms with Gasteiger partial charge in [0.1, 0.15) is 12.7 Å². The van der Waals surface area contributed by atoms with Gasteiger partial charge in [-0.05, 0) is 49.5 Å². The molecule has 0 amide bonds. The van der Waals surface area contributed by atoms with Crippen LogP contribution in [0.4, 0.5) is 0 Å². The summed E-state index contributed by atoms with van der Waals surface area (Å²) >= 11 is 0. The van der Waals surface area contributed by atoms with Gasteiger partial charge in [0.05, 0.1) is 13.0 Å². The van der Waals surface area contributed by atoms with Gasteiger partial charge in [-0.1, -0.05) is 37.1 Å². The van der Waals surface area contributed by atoms with Gasteiger partial charge in [-0.2, -0.15) is 0 Å². The number of aliphatic hydroxyl groups is 2. The summed E-state index contributed by atoms with van der Waals surface area (Å²) in [6.07, 6.45) is 12.8. The summed E-state index contributed by atoms with van der Waals surface area (Å²) in [7, 11) is 0. The summed E-state index contributed by atoms with van der Waals surface area (Å²) in [4.78, 5) is 22.5. The molecule has 6 heteroatoms. The molecule has 1 atom stereocenters. The number of carbonyl (C=O) groups is 2. The molecule has 0 saturated carbocycles. The lowest BCUT2D eigenvalue weighted by molar-refractivity contribution is -0.147. The average molecular weight is 402 g/mol. The Hall–Kier alpha value is -2.80. The zero-order valence-electron chi connectivity index (χ0n) is 17.1. The molecule has 158 valence electrons. The summed E-state index contributed by atoms with van der Waals surface area (Å²) in [6, 6.07) is 0.